The number of hydrogen-bond donors (Lipinski definition) is 0. The predicted octanol–water partition coefficient (Wildman–Crippen LogP) is 2.48. The van der Waals surface area contributed by atoms with Crippen LogP contribution in [0.4, 0.5) is 17.6 Å². The Morgan fingerprint density at radius 1 is 1.29 bits per heavy atom. The second kappa shape index (κ2) is 6.55. The van der Waals surface area contributed by atoms with E-state index in [9.17, 15) is 27.2 Å². The fourth-order valence-electron chi connectivity index (χ4n) is 1.58. The lowest BCUT2D eigenvalue weighted by Crippen LogP contribution is -2.36. The molecule has 1 amide bonds. The van der Waals surface area contributed by atoms with Crippen molar-refractivity contribution in [3.8, 4) is 0 Å². The van der Waals surface area contributed by atoms with Gasteiger partial charge in [0.1, 0.15) is 12.4 Å². The van der Waals surface area contributed by atoms with E-state index >= 15 is 0 Å². The number of esters is 1. The van der Waals surface area contributed by atoms with Crippen molar-refractivity contribution in [2.45, 2.75) is 13.1 Å². The van der Waals surface area contributed by atoms with Crippen LogP contribution in [0.5, 0.6) is 0 Å². The average Bonchev–Trinajstić information content (AvgIpc) is 2.42. The Morgan fingerprint density at radius 2 is 1.90 bits per heavy atom. The summed E-state index contributed by atoms with van der Waals surface area (Å²) in [6.07, 6.45) is -4.69. The molecule has 0 unspecified atom stereocenters. The molecule has 0 aliphatic rings. The van der Waals surface area contributed by atoms with Gasteiger partial charge in [-0.1, -0.05) is 0 Å². The van der Waals surface area contributed by atoms with Crippen molar-refractivity contribution in [1.29, 1.82) is 0 Å². The van der Waals surface area contributed by atoms with Crippen LogP contribution in [-0.4, -0.2) is 37.0 Å². The van der Waals surface area contributed by atoms with Gasteiger partial charge >= 0.3 is 12.1 Å². The molecule has 0 radical (unpaired) electrons. The second-order valence-electron chi connectivity index (χ2n) is 4.09. The lowest BCUT2D eigenvalue weighted by Gasteiger charge is -2.20. The molecule has 1 aromatic carbocycles. The van der Waals surface area contributed by atoms with Crippen molar-refractivity contribution in [2.24, 2.45) is 0 Å². The van der Waals surface area contributed by atoms with E-state index in [0.717, 1.165) is 12.0 Å². The summed E-state index contributed by atoms with van der Waals surface area (Å²) < 4.78 is 55.7. The van der Waals surface area contributed by atoms with Gasteiger partial charge in [-0.25, -0.2) is 4.39 Å². The van der Waals surface area contributed by atoms with E-state index in [0.29, 0.717) is 18.2 Å². The highest BCUT2D eigenvalue weighted by atomic mass is 19.4. The monoisotopic (exact) mass is 307 g/mol. The number of rotatable bonds is 4. The number of likely N-dealkylation sites (N-methyl/N-ethyl adjacent to an activating group) is 1. The highest BCUT2D eigenvalue weighted by molar-refractivity contribution is 5.96. The van der Waals surface area contributed by atoms with Crippen LogP contribution in [0, 0.1) is 5.82 Å². The molecule has 0 N–H and O–H groups in total. The number of amides is 1. The smallest absolute Gasteiger partial charge is 0.416 e. The van der Waals surface area contributed by atoms with E-state index in [1.807, 2.05) is 0 Å². The van der Waals surface area contributed by atoms with Crippen molar-refractivity contribution >= 4 is 11.9 Å². The number of halogens is 4. The van der Waals surface area contributed by atoms with Gasteiger partial charge < -0.3 is 9.64 Å². The largest absolute Gasteiger partial charge is 0.468 e. The van der Waals surface area contributed by atoms with E-state index in [4.69, 9.17) is 0 Å². The zero-order valence-electron chi connectivity index (χ0n) is 11.3. The fraction of sp³-hybridized carbons (Fsp3) is 0.385. The zero-order valence-corrected chi connectivity index (χ0v) is 11.3. The molecule has 0 aromatic heterocycles. The van der Waals surface area contributed by atoms with Gasteiger partial charge in [0.25, 0.3) is 5.91 Å². The highest BCUT2D eigenvalue weighted by Gasteiger charge is 2.32. The fourth-order valence-corrected chi connectivity index (χ4v) is 1.58. The topological polar surface area (TPSA) is 46.6 Å². The summed E-state index contributed by atoms with van der Waals surface area (Å²) in [6, 6.07) is 1.54. The molecule has 116 valence electrons. The number of carbonyl (C=O) groups excluding carboxylic acids is 2. The summed E-state index contributed by atoms with van der Waals surface area (Å²) >= 11 is 0. The van der Waals surface area contributed by atoms with Crippen LogP contribution < -0.4 is 0 Å². The van der Waals surface area contributed by atoms with Crippen molar-refractivity contribution in [2.75, 3.05) is 20.2 Å². The van der Waals surface area contributed by atoms with Gasteiger partial charge in [0.05, 0.1) is 18.2 Å². The third-order valence-corrected chi connectivity index (χ3v) is 2.74. The maximum Gasteiger partial charge on any atom is 0.416 e. The first kappa shape index (κ1) is 16.9. The van der Waals surface area contributed by atoms with E-state index < -0.39 is 41.5 Å². The summed E-state index contributed by atoms with van der Waals surface area (Å²) in [7, 11) is 1.10. The molecule has 0 heterocycles. The Bertz CT molecular complexity index is 543. The van der Waals surface area contributed by atoms with Crippen LogP contribution in [0.3, 0.4) is 0 Å². The Balaban J connectivity index is 3.13. The molecule has 0 fully saturated rings. The maximum absolute atomic E-state index is 13.6. The minimum absolute atomic E-state index is 0.0175. The molecular weight excluding hydrogens is 294 g/mol. The van der Waals surface area contributed by atoms with E-state index in [1.165, 1.54) is 6.92 Å². The van der Waals surface area contributed by atoms with Crippen molar-refractivity contribution in [3.63, 3.8) is 0 Å². The van der Waals surface area contributed by atoms with Crippen LogP contribution in [-0.2, 0) is 15.7 Å². The van der Waals surface area contributed by atoms with E-state index in [1.54, 1.807) is 0 Å². The van der Waals surface area contributed by atoms with Crippen molar-refractivity contribution < 1.29 is 31.9 Å². The molecule has 8 heteroatoms. The van der Waals surface area contributed by atoms with Crippen molar-refractivity contribution in [1.82, 2.24) is 4.90 Å². The molecule has 0 atom stereocenters. The summed E-state index contributed by atoms with van der Waals surface area (Å²) in [5.41, 5.74) is -1.88. The summed E-state index contributed by atoms with van der Waals surface area (Å²) in [5.74, 6) is -2.85. The maximum atomic E-state index is 13.6. The first-order valence-corrected chi connectivity index (χ1v) is 5.93. The quantitative estimate of drug-likeness (QED) is 0.634. The normalized spacial score (nSPS) is 11.1. The number of methoxy groups -OCH3 is 1. The molecule has 0 spiro atoms. The Morgan fingerprint density at radius 3 is 2.38 bits per heavy atom. The molecular formula is C13H13F4NO3. The van der Waals surface area contributed by atoms with Gasteiger partial charge in [-0.15, -0.1) is 0 Å². The van der Waals surface area contributed by atoms with Gasteiger partial charge in [0, 0.05) is 6.54 Å². The molecule has 0 bridgehead atoms. The Hall–Kier alpha value is -2.12. The van der Waals surface area contributed by atoms with Gasteiger partial charge in [0.15, 0.2) is 0 Å². The van der Waals surface area contributed by atoms with Crippen molar-refractivity contribution in [3.05, 3.63) is 35.1 Å². The third kappa shape index (κ3) is 4.17. The minimum Gasteiger partial charge on any atom is -0.468 e. The van der Waals surface area contributed by atoms with Crippen LogP contribution in [0.1, 0.15) is 22.8 Å². The van der Waals surface area contributed by atoms with Crippen LogP contribution >= 0.6 is 0 Å². The summed E-state index contributed by atoms with van der Waals surface area (Å²) in [4.78, 5) is 24.1. The zero-order chi connectivity index (χ0) is 16.2. The van der Waals surface area contributed by atoms with E-state index in [2.05, 4.69) is 4.74 Å². The first-order chi connectivity index (χ1) is 9.70. The number of alkyl halides is 3. The minimum atomic E-state index is -4.69. The molecule has 21 heavy (non-hydrogen) atoms. The third-order valence-electron chi connectivity index (χ3n) is 2.74. The lowest BCUT2D eigenvalue weighted by atomic mass is 10.1. The number of hydrogen-bond acceptors (Lipinski definition) is 3. The predicted molar refractivity (Wildman–Crippen MR) is 65.0 cm³/mol. The molecule has 4 nitrogen and oxygen atoms in total. The molecule has 1 rings (SSSR count). The number of ether oxygens (including phenoxy) is 1. The number of carbonyl (C=O) groups is 2. The summed E-state index contributed by atoms with van der Waals surface area (Å²) in [6.45, 7) is 1.05. The molecule has 0 saturated heterocycles. The van der Waals surface area contributed by atoms with Gasteiger partial charge in [0.2, 0.25) is 0 Å². The number of nitrogens with zero attached hydrogens (tertiary/aromatic N) is 1. The van der Waals surface area contributed by atoms with Gasteiger partial charge in [-0.2, -0.15) is 13.2 Å². The molecule has 0 saturated carbocycles. The Labute approximate surface area is 118 Å². The SMILES string of the molecule is CCN(CC(=O)OC)C(=O)c1cc(C(F)(F)F)ccc1F. The van der Waals surface area contributed by atoms with E-state index in [-0.39, 0.29) is 6.54 Å². The van der Waals surface area contributed by atoms with Gasteiger partial charge in [-0.3, -0.25) is 9.59 Å². The average molecular weight is 307 g/mol. The van der Waals surface area contributed by atoms with Crippen LogP contribution in [0.2, 0.25) is 0 Å². The first-order valence-electron chi connectivity index (χ1n) is 5.93. The molecule has 1 aromatic rings. The highest BCUT2D eigenvalue weighted by Crippen LogP contribution is 2.30. The standard InChI is InChI=1S/C13H13F4NO3/c1-3-18(7-11(19)21-2)12(20)9-6-8(13(15,16)17)4-5-10(9)14/h4-6H,3,7H2,1-2H3. The second-order valence-corrected chi connectivity index (χ2v) is 4.09. The molecule has 0 aliphatic heterocycles. The Kier molecular flexibility index (Phi) is 5.28. The van der Waals surface area contributed by atoms with Crippen LogP contribution in [0.15, 0.2) is 18.2 Å². The summed E-state index contributed by atoms with van der Waals surface area (Å²) in [5, 5.41) is 0. The van der Waals surface area contributed by atoms with Crippen LogP contribution in [0.25, 0.3) is 0 Å². The number of benzene rings is 1. The van der Waals surface area contributed by atoms with Gasteiger partial charge in [-0.05, 0) is 25.1 Å². The molecule has 0 aliphatic carbocycles. The lowest BCUT2D eigenvalue weighted by molar-refractivity contribution is -0.141.